The molecule has 1 aromatic rings. The smallest absolute Gasteiger partial charge is 0.257 e. The highest BCUT2D eigenvalue weighted by atomic mass is 16.3. The van der Waals surface area contributed by atoms with Gasteiger partial charge in [-0.3, -0.25) is 4.79 Å². The van der Waals surface area contributed by atoms with Crippen LogP contribution in [0.15, 0.2) is 23.0 Å². The lowest BCUT2D eigenvalue weighted by Gasteiger charge is -2.22. The Kier molecular flexibility index (Phi) is 3.08. The van der Waals surface area contributed by atoms with Crippen molar-refractivity contribution in [3.05, 3.63) is 24.2 Å². The monoisotopic (exact) mass is 183 g/mol. The van der Waals surface area contributed by atoms with Crippen molar-refractivity contribution in [1.29, 1.82) is 0 Å². The second-order valence-corrected chi connectivity index (χ2v) is 2.96. The van der Waals surface area contributed by atoms with E-state index >= 15 is 0 Å². The maximum atomic E-state index is 11.6. The summed E-state index contributed by atoms with van der Waals surface area (Å²) in [6, 6.07) is 1.42. The molecule has 0 spiro atoms. The van der Waals surface area contributed by atoms with Gasteiger partial charge in [-0.15, -0.1) is 0 Å². The highest BCUT2D eigenvalue weighted by Gasteiger charge is 2.17. The van der Waals surface area contributed by atoms with Gasteiger partial charge < -0.3 is 14.4 Å². The van der Waals surface area contributed by atoms with Crippen molar-refractivity contribution < 1.29 is 14.3 Å². The van der Waals surface area contributed by atoms with Gasteiger partial charge in [0, 0.05) is 7.05 Å². The number of aliphatic hydroxyl groups is 1. The van der Waals surface area contributed by atoms with Crippen molar-refractivity contribution in [3.8, 4) is 0 Å². The molecule has 0 saturated heterocycles. The Morgan fingerprint density at radius 2 is 2.46 bits per heavy atom. The Balaban J connectivity index is 2.68. The quantitative estimate of drug-likeness (QED) is 0.751. The molecule has 1 N–H and O–H groups in total. The van der Waals surface area contributed by atoms with Gasteiger partial charge in [0.1, 0.15) is 6.26 Å². The zero-order valence-corrected chi connectivity index (χ0v) is 7.73. The molecule has 0 aromatic carbocycles. The molecule has 1 aromatic heterocycles. The zero-order chi connectivity index (χ0) is 9.84. The van der Waals surface area contributed by atoms with Gasteiger partial charge >= 0.3 is 0 Å². The van der Waals surface area contributed by atoms with E-state index in [0.717, 1.165) is 0 Å². The number of rotatable bonds is 3. The Hall–Kier alpha value is -1.29. The number of likely N-dealkylation sites (N-methyl/N-ethyl adjacent to an activating group) is 1. The molecule has 1 atom stereocenters. The predicted octanol–water partition coefficient (Wildman–Crippen LogP) is 0.732. The van der Waals surface area contributed by atoms with E-state index in [9.17, 15) is 4.79 Å². The van der Waals surface area contributed by atoms with Crippen LogP contribution in [-0.4, -0.2) is 35.6 Å². The van der Waals surface area contributed by atoms with Gasteiger partial charge in [-0.25, -0.2) is 0 Å². The van der Waals surface area contributed by atoms with Crippen molar-refractivity contribution in [2.75, 3.05) is 13.7 Å². The molecule has 1 unspecified atom stereocenters. The standard InChI is InChI=1S/C9H13NO3/c1-7(5-11)10(2)9(12)8-3-4-13-6-8/h3-4,6-7,11H,5H2,1-2H3. The van der Waals surface area contributed by atoms with E-state index in [-0.39, 0.29) is 18.6 Å². The summed E-state index contributed by atoms with van der Waals surface area (Å²) in [5.74, 6) is -0.143. The summed E-state index contributed by atoms with van der Waals surface area (Å²) in [5.41, 5.74) is 0.503. The first-order valence-electron chi connectivity index (χ1n) is 4.07. The normalized spacial score (nSPS) is 12.5. The van der Waals surface area contributed by atoms with Gasteiger partial charge in [-0.2, -0.15) is 0 Å². The Bertz CT molecular complexity index is 268. The summed E-state index contributed by atoms with van der Waals surface area (Å²) in [6.07, 6.45) is 2.84. The molecule has 13 heavy (non-hydrogen) atoms. The number of hydrogen-bond donors (Lipinski definition) is 1. The maximum Gasteiger partial charge on any atom is 0.257 e. The molecule has 1 heterocycles. The number of nitrogens with zero attached hydrogens (tertiary/aromatic N) is 1. The lowest BCUT2D eigenvalue weighted by atomic mass is 10.2. The van der Waals surface area contributed by atoms with Crippen molar-refractivity contribution in [1.82, 2.24) is 4.90 Å². The summed E-state index contributed by atoms with van der Waals surface area (Å²) in [7, 11) is 1.65. The van der Waals surface area contributed by atoms with E-state index in [4.69, 9.17) is 9.52 Å². The highest BCUT2D eigenvalue weighted by molar-refractivity contribution is 5.93. The second-order valence-electron chi connectivity index (χ2n) is 2.96. The van der Waals surface area contributed by atoms with Gasteiger partial charge in [0.2, 0.25) is 0 Å². The number of aliphatic hydroxyl groups excluding tert-OH is 1. The predicted molar refractivity (Wildman–Crippen MR) is 47.3 cm³/mol. The molecule has 0 saturated carbocycles. The van der Waals surface area contributed by atoms with Crippen LogP contribution in [-0.2, 0) is 0 Å². The fourth-order valence-corrected chi connectivity index (χ4v) is 0.912. The van der Waals surface area contributed by atoms with E-state index in [2.05, 4.69) is 0 Å². The van der Waals surface area contributed by atoms with Crippen LogP contribution >= 0.6 is 0 Å². The van der Waals surface area contributed by atoms with Crippen molar-refractivity contribution in [3.63, 3.8) is 0 Å². The molecule has 0 aliphatic carbocycles. The van der Waals surface area contributed by atoms with Crippen LogP contribution in [0.25, 0.3) is 0 Å². The third kappa shape index (κ3) is 2.09. The minimum absolute atomic E-state index is 0.0416. The molecule has 0 radical (unpaired) electrons. The van der Waals surface area contributed by atoms with E-state index in [0.29, 0.717) is 5.56 Å². The minimum atomic E-state index is -0.178. The Labute approximate surface area is 76.8 Å². The van der Waals surface area contributed by atoms with E-state index in [1.807, 2.05) is 0 Å². The first-order valence-corrected chi connectivity index (χ1v) is 4.07. The number of carbonyl (C=O) groups is 1. The van der Waals surface area contributed by atoms with Crippen molar-refractivity contribution in [2.45, 2.75) is 13.0 Å². The molecule has 0 bridgehead atoms. The molecular formula is C9H13NO3. The van der Waals surface area contributed by atoms with Gasteiger partial charge in [0.05, 0.1) is 24.5 Å². The molecule has 4 heteroatoms. The average Bonchev–Trinajstić information content (AvgIpc) is 2.67. The van der Waals surface area contributed by atoms with E-state index in [1.54, 1.807) is 20.0 Å². The average molecular weight is 183 g/mol. The molecule has 72 valence electrons. The molecule has 0 fully saturated rings. The van der Waals surface area contributed by atoms with Gasteiger partial charge in [0.15, 0.2) is 0 Å². The van der Waals surface area contributed by atoms with E-state index < -0.39 is 0 Å². The topological polar surface area (TPSA) is 53.7 Å². The van der Waals surface area contributed by atoms with Crippen LogP contribution in [0.4, 0.5) is 0 Å². The Morgan fingerprint density at radius 3 is 2.92 bits per heavy atom. The summed E-state index contributed by atoms with van der Waals surface area (Å²) in [6.45, 7) is 1.73. The summed E-state index contributed by atoms with van der Waals surface area (Å²) in [4.78, 5) is 13.0. The van der Waals surface area contributed by atoms with Crippen molar-refractivity contribution in [2.24, 2.45) is 0 Å². The maximum absolute atomic E-state index is 11.6. The van der Waals surface area contributed by atoms with E-state index in [1.165, 1.54) is 17.4 Å². The van der Waals surface area contributed by atoms with Crippen LogP contribution in [0.1, 0.15) is 17.3 Å². The highest BCUT2D eigenvalue weighted by Crippen LogP contribution is 2.06. The lowest BCUT2D eigenvalue weighted by molar-refractivity contribution is 0.0681. The number of furan rings is 1. The zero-order valence-electron chi connectivity index (χ0n) is 7.73. The fraction of sp³-hybridized carbons (Fsp3) is 0.444. The van der Waals surface area contributed by atoms with Gasteiger partial charge in [0.25, 0.3) is 5.91 Å². The summed E-state index contributed by atoms with van der Waals surface area (Å²) in [5, 5.41) is 8.83. The van der Waals surface area contributed by atoms with Crippen LogP contribution in [0.3, 0.4) is 0 Å². The SMILES string of the molecule is CC(CO)N(C)C(=O)c1ccoc1. The Morgan fingerprint density at radius 1 is 1.77 bits per heavy atom. The lowest BCUT2D eigenvalue weighted by Crippen LogP contribution is -2.37. The molecule has 1 amide bonds. The number of amides is 1. The van der Waals surface area contributed by atoms with Gasteiger partial charge in [-0.05, 0) is 13.0 Å². The number of carbonyl (C=O) groups excluding carboxylic acids is 1. The molecule has 0 aliphatic rings. The second kappa shape index (κ2) is 4.09. The van der Waals surface area contributed by atoms with Crippen LogP contribution < -0.4 is 0 Å². The first-order chi connectivity index (χ1) is 6.16. The van der Waals surface area contributed by atoms with Gasteiger partial charge in [-0.1, -0.05) is 0 Å². The van der Waals surface area contributed by atoms with Crippen LogP contribution in [0.5, 0.6) is 0 Å². The minimum Gasteiger partial charge on any atom is -0.472 e. The first kappa shape index (κ1) is 9.80. The molecule has 1 rings (SSSR count). The third-order valence-electron chi connectivity index (χ3n) is 2.01. The van der Waals surface area contributed by atoms with Crippen molar-refractivity contribution >= 4 is 5.91 Å². The fourth-order valence-electron chi connectivity index (χ4n) is 0.912. The van der Waals surface area contributed by atoms with Crippen LogP contribution in [0.2, 0.25) is 0 Å². The van der Waals surface area contributed by atoms with Crippen LogP contribution in [0, 0.1) is 0 Å². The molecule has 0 aliphatic heterocycles. The largest absolute Gasteiger partial charge is 0.472 e. The summed E-state index contributed by atoms with van der Waals surface area (Å²) < 4.78 is 4.79. The third-order valence-corrected chi connectivity index (χ3v) is 2.01. The summed E-state index contributed by atoms with van der Waals surface area (Å²) >= 11 is 0. The molecular weight excluding hydrogens is 170 g/mol. The number of hydrogen-bond acceptors (Lipinski definition) is 3. The molecule has 4 nitrogen and oxygen atoms in total.